The molecule has 0 amide bonds. The second-order valence-corrected chi connectivity index (χ2v) is 9.76. The van der Waals surface area contributed by atoms with Crippen molar-refractivity contribution in [2.75, 3.05) is 0 Å². The van der Waals surface area contributed by atoms with Crippen molar-refractivity contribution in [2.45, 2.75) is 64.1 Å². The van der Waals surface area contributed by atoms with Crippen molar-refractivity contribution in [1.82, 2.24) is 19.7 Å². The first-order chi connectivity index (χ1) is 19.5. The molecule has 1 aliphatic carbocycles. The number of pyridine rings is 2. The standard InChI is InChI=1S/C17H11F5N4O.C13H17F/c18-16(19)13-5-1-4-11(24-13)12-6-7-15(27)26(25-12)9-14-10(17(20,21)22)3-2-8-23-14;1-10-6-5-9-12(14)13(10)11-7-3-2-4-8-11/h1-8,16H,9H2;5-6,9,11H,2-4,7-8H2,1H3. The molecule has 0 bridgehead atoms. The van der Waals surface area contributed by atoms with Crippen LogP contribution in [0.4, 0.5) is 26.3 Å². The second-order valence-electron chi connectivity index (χ2n) is 9.76. The molecule has 11 heteroatoms. The first kappa shape index (κ1) is 30.0. The van der Waals surface area contributed by atoms with E-state index in [2.05, 4.69) is 15.1 Å². The molecule has 0 unspecified atom stereocenters. The predicted molar refractivity (Wildman–Crippen MR) is 142 cm³/mol. The van der Waals surface area contributed by atoms with Crippen molar-refractivity contribution in [2.24, 2.45) is 0 Å². The summed E-state index contributed by atoms with van der Waals surface area (Å²) >= 11 is 0. The van der Waals surface area contributed by atoms with Crippen molar-refractivity contribution in [3.8, 4) is 11.4 Å². The number of hydrogen-bond acceptors (Lipinski definition) is 4. The molecule has 1 aliphatic rings. The highest BCUT2D eigenvalue weighted by atomic mass is 19.4. The summed E-state index contributed by atoms with van der Waals surface area (Å²) < 4.78 is 79.3. The number of hydrogen-bond donors (Lipinski definition) is 0. The van der Waals surface area contributed by atoms with E-state index in [0.717, 1.165) is 40.1 Å². The van der Waals surface area contributed by atoms with Crippen molar-refractivity contribution >= 4 is 0 Å². The lowest BCUT2D eigenvalue weighted by Gasteiger charge is -2.23. The van der Waals surface area contributed by atoms with Crippen LogP contribution >= 0.6 is 0 Å². The van der Waals surface area contributed by atoms with Crippen molar-refractivity contribution < 1.29 is 26.3 Å². The van der Waals surface area contributed by atoms with E-state index in [4.69, 9.17) is 0 Å². The summed E-state index contributed by atoms with van der Waals surface area (Å²) in [4.78, 5) is 19.4. The van der Waals surface area contributed by atoms with E-state index in [0.29, 0.717) is 5.92 Å². The minimum absolute atomic E-state index is 0.00287. The third kappa shape index (κ3) is 7.59. The zero-order chi connectivity index (χ0) is 29.6. The van der Waals surface area contributed by atoms with Crippen LogP contribution in [-0.2, 0) is 12.7 Å². The van der Waals surface area contributed by atoms with Crippen LogP contribution < -0.4 is 5.56 Å². The minimum atomic E-state index is -4.64. The van der Waals surface area contributed by atoms with Gasteiger partial charge in [-0.05, 0) is 73.2 Å². The van der Waals surface area contributed by atoms with Gasteiger partial charge in [0.25, 0.3) is 12.0 Å². The molecule has 216 valence electrons. The van der Waals surface area contributed by atoms with Crippen LogP contribution in [0.5, 0.6) is 0 Å². The molecule has 0 N–H and O–H groups in total. The van der Waals surface area contributed by atoms with Crippen molar-refractivity contribution in [1.29, 1.82) is 0 Å². The van der Waals surface area contributed by atoms with Gasteiger partial charge in [-0.1, -0.05) is 37.5 Å². The van der Waals surface area contributed by atoms with Gasteiger partial charge in [0.15, 0.2) is 0 Å². The number of aromatic nitrogens is 4. The maximum atomic E-state index is 13.6. The molecular weight excluding hydrogens is 546 g/mol. The predicted octanol–water partition coefficient (Wildman–Crippen LogP) is 7.89. The molecule has 0 radical (unpaired) electrons. The molecule has 5 nitrogen and oxygen atoms in total. The highest BCUT2D eigenvalue weighted by molar-refractivity contribution is 5.53. The van der Waals surface area contributed by atoms with Crippen molar-refractivity contribution in [3.05, 3.63) is 111 Å². The Labute approximate surface area is 232 Å². The van der Waals surface area contributed by atoms with Crippen LogP contribution in [-0.4, -0.2) is 19.7 Å². The molecule has 1 saturated carbocycles. The second kappa shape index (κ2) is 13.1. The molecule has 0 aliphatic heterocycles. The van der Waals surface area contributed by atoms with Crippen LogP contribution in [0.15, 0.2) is 71.7 Å². The molecule has 5 rings (SSSR count). The quantitative estimate of drug-likeness (QED) is 0.228. The van der Waals surface area contributed by atoms with Gasteiger partial charge < -0.3 is 0 Å². The summed E-state index contributed by atoms with van der Waals surface area (Å²) in [6.45, 7) is 1.49. The Morgan fingerprint density at radius 2 is 1.66 bits per heavy atom. The zero-order valence-electron chi connectivity index (χ0n) is 22.2. The Morgan fingerprint density at radius 3 is 2.34 bits per heavy atom. The lowest BCUT2D eigenvalue weighted by Crippen LogP contribution is -2.25. The Kier molecular flexibility index (Phi) is 9.57. The van der Waals surface area contributed by atoms with Crippen LogP contribution in [0.3, 0.4) is 0 Å². The van der Waals surface area contributed by atoms with E-state index >= 15 is 0 Å². The minimum Gasteiger partial charge on any atom is -0.268 e. The number of nitrogens with zero attached hydrogens (tertiary/aromatic N) is 4. The number of halogens is 6. The van der Waals surface area contributed by atoms with Crippen LogP contribution in [0.25, 0.3) is 11.4 Å². The third-order valence-electron chi connectivity index (χ3n) is 6.90. The Morgan fingerprint density at radius 1 is 0.927 bits per heavy atom. The first-order valence-corrected chi connectivity index (χ1v) is 13.1. The molecule has 1 fully saturated rings. The normalized spacial score (nSPS) is 14.0. The molecule has 0 atom stereocenters. The van der Waals surface area contributed by atoms with E-state index in [-0.39, 0.29) is 22.9 Å². The third-order valence-corrected chi connectivity index (χ3v) is 6.90. The topological polar surface area (TPSA) is 60.7 Å². The van der Waals surface area contributed by atoms with Crippen LogP contribution in [0.2, 0.25) is 0 Å². The average molecular weight is 575 g/mol. The van der Waals surface area contributed by atoms with Gasteiger partial charge in [0.2, 0.25) is 0 Å². The van der Waals surface area contributed by atoms with Gasteiger partial charge in [0, 0.05) is 12.3 Å². The van der Waals surface area contributed by atoms with Gasteiger partial charge in [0.1, 0.15) is 17.2 Å². The number of aryl methyl sites for hydroxylation is 1. The summed E-state index contributed by atoms with van der Waals surface area (Å²) in [5.74, 6) is 0.474. The van der Waals surface area contributed by atoms with Crippen LogP contribution in [0, 0.1) is 12.7 Å². The molecule has 3 heterocycles. The molecular formula is C30H28F6N4O. The summed E-state index contributed by atoms with van der Waals surface area (Å²) in [7, 11) is 0. The summed E-state index contributed by atoms with van der Waals surface area (Å²) in [6.07, 6.45) is -0.0751. The largest absolute Gasteiger partial charge is 0.418 e. The van der Waals surface area contributed by atoms with E-state index < -0.39 is 36.0 Å². The number of alkyl halides is 5. The maximum absolute atomic E-state index is 13.6. The monoisotopic (exact) mass is 574 g/mol. The molecule has 0 saturated heterocycles. The van der Waals surface area contributed by atoms with Crippen molar-refractivity contribution in [3.63, 3.8) is 0 Å². The SMILES string of the molecule is Cc1cccc(F)c1C1CCCCC1.O=c1ccc(-c2cccc(C(F)F)n2)nn1Cc1ncccc1C(F)(F)F. The molecule has 3 aromatic heterocycles. The van der Waals surface area contributed by atoms with Gasteiger partial charge in [-0.15, -0.1) is 0 Å². The van der Waals surface area contributed by atoms with Gasteiger partial charge in [-0.25, -0.2) is 22.8 Å². The maximum Gasteiger partial charge on any atom is 0.418 e. The van der Waals surface area contributed by atoms with Crippen LogP contribution in [0.1, 0.15) is 72.5 Å². The Bertz CT molecular complexity index is 1510. The highest BCUT2D eigenvalue weighted by Crippen LogP contribution is 2.35. The summed E-state index contributed by atoms with van der Waals surface area (Å²) in [5, 5.41) is 3.95. The smallest absolute Gasteiger partial charge is 0.268 e. The first-order valence-electron chi connectivity index (χ1n) is 13.1. The Hall–Kier alpha value is -4.02. The Balaban J connectivity index is 0.000000231. The lowest BCUT2D eigenvalue weighted by molar-refractivity contribution is -0.138. The van der Waals surface area contributed by atoms with E-state index in [1.807, 2.05) is 13.0 Å². The average Bonchev–Trinajstić information content (AvgIpc) is 2.95. The van der Waals surface area contributed by atoms with E-state index in [1.54, 1.807) is 12.1 Å². The molecule has 4 aromatic rings. The lowest BCUT2D eigenvalue weighted by atomic mass is 9.82. The fraction of sp³-hybridized carbons (Fsp3) is 0.333. The van der Waals surface area contributed by atoms with Gasteiger partial charge >= 0.3 is 6.18 Å². The fourth-order valence-corrected chi connectivity index (χ4v) is 4.93. The molecule has 41 heavy (non-hydrogen) atoms. The number of rotatable bonds is 5. The van der Waals surface area contributed by atoms with Gasteiger partial charge in [-0.2, -0.15) is 18.3 Å². The summed E-state index contributed by atoms with van der Waals surface area (Å²) in [5.41, 5.74) is -0.268. The van der Waals surface area contributed by atoms with Gasteiger partial charge in [0.05, 0.1) is 23.5 Å². The summed E-state index contributed by atoms with van der Waals surface area (Å²) in [6, 6.07) is 13.6. The zero-order valence-corrected chi connectivity index (χ0v) is 22.2. The fourth-order valence-electron chi connectivity index (χ4n) is 4.93. The number of benzene rings is 1. The van der Waals surface area contributed by atoms with E-state index in [1.165, 1.54) is 56.5 Å². The molecule has 0 spiro atoms. The van der Waals surface area contributed by atoms with E-state index in [9.17, 15) is 31.1 Å². The highest BCUT2D eigenvalue weighted by Gasteiger charge is 2.34. The molecule has 1 aromatic carbocycles. The van der Waals surface area contributed by atoms with Gasteiger partial charge in [-0.3, -0.25) is 9.78 Å².